The number of morpholine rings is 1. The summed E-state index contributed by atoms with van der Waals surface area (Å²) in [5.74, 6) is 0. The zero-order valence-corrected chi connectivity index (χ0v) is 13.1. The molecule has 114 valence electrons. The monoisotopic (exact) mass is 279 g/mol. The molecule has 1 aliphatic heterocycles. The molecule has 20 heavy (non-hydrogen) atoms. The van der Waals surface area contributed by atoms with Gasteiger partial charge >= 0.3 is 0 Å². The number of hydrogen-bond acceptors (Lipinski definition) is 3. The van der Waals surface area contributed by atoms with E-state index in [1.165, 1.54) is 12.1 Å². The van der Waals surface area contributed by atoms with E-state index in [2.05, 4.69) is 53.9 Å². The van der Waals surface area contributed by atoms with Crippen LogP contribution < -0.4 is 5.32 Å². The molecule has 2 heterocycles. The minimum atomic E-state index is 0.309. The maximum atomic E-state index is 5.93. The van der Waals surface area contributed by atoms with Crippen LogP contribution in [0.25, 0.3) is 0 Å². The molecular weight excluding hydrogens is 250 g/mol. The maximum absolute atomic E-state index is 5.93. The van der Waals surface area contributed by atoms with Gasteiger partial charge in [0.1, 0.15) is 0 Å². The first kappa shape index (κ1) is 15.5. The second-order valence-electron chi connectivity index (χ2n) is 5.91. The molecule has 0 bridgehead atoms. The van der Waals surface area contributed by atoms with Crippen molar-refractivity contribution in [3.8, 4) is 0 Å². The lowest BCUT2D eigenvalue weighted by molar-refractivity contribution is -0.0458. The number of nitrogens with zero attached hydrogens (tertiary/aromatic N) is 2. The van der Waals surface area contributed by atoms with Crippen molar-refractivity contribution in [2.24, 2.45) is 0 Å². The third kappa shape index (κ3) is 4.33. The van der Waals surface area contributed by atoms with Crippen molar-refractivity contribution < 1.29 is 4.74 Å². The van der Waals surface area contributed by atoms with Crippen molar-refractivity contribution in [3.63, 3.8) is 0 Å². The van der Waals surface area contributed by atoms with Crippen molar-refractivity contribution >= 4 is 0 Å². The molecule has 1 unspecified atom stereocenters. The highest BCUT2D eigenvalue weighted by Gasteiger charge is 2.22. The Balaban J connectivity index is 1.87. The number of ether oxygens (including phenoxy) is 1. The highest BCUT2D eigenvalue weighted by molar-refractivity contribution is 5.07. The van der Waals surface area contributed by atoms with Gasteiger partial charge in [0.25, 0.3) is 0 Å². The summed E-state index contributed by atoms with van der Waals surface area (Å²) in [5, 5.41) is 3.47. The second-order valence-corrected chi connectivity index (χ2v) is 5.91. The third-order valence-electron chi connectivity index (χ3n) is 3.96. The molecule has 0 amide bonds. The molecule has 4 nitrogen and oxygen atoms in total. The number of hydrogen-bond donors (Lipinski definition) is 1. The van der Waals surface area contributed by atoms with Crippen LogP contribution >= 0.6 is 0 Å². The fourth-order valence-corrected chi connectivity index (χ4v) is 2.72. The summed E-state index contributed by atoms with van der Waals surface area (Å²) >= 11 is 0. The van der Waals surface area contributed by atoms with Gasteiger partial charge in [0.2, 0.25) is 0 Å². The van der Waals surface area contributed by atoms with Gasteiger partial charge in [0.05, 0.1) is 12.7 Å². The van der Waals surface area contributed by atoms with E-state index in [0.29, 0.717) is 12.1 Å². The van der Waals surface area contributed by atoms with Gasteiger partial charge in [-0.05, 0) is 38.9 Å². The summed E-state index contributed by atoms with van der Waals surface area (Å²) in [6.45, 7) is 12.7. The van der Waals surface area contributed by atoms with Gasteiger partial charge in [-0.2, -0.15) is 0 Å². The number of nitrogens with one attached hydrogen (secondary N) is 1. The highest BCUT2D eigenvalue weighted by Crippen LogP contribution is 2.12. The third-order valence-corrected chi connectivity index (χ3v) is 3.96. The normalized spacial score (nSPS) is 20.7. The van der Waals surface area contributed by atoms with E-state index in [1.54, 1.807) is 0 Å². The second kappa shape index (κ2) is 7.81. The lowest BCUT2D eigenvalue weighted by Gasteiger charge is -2.35. The van der Waals surface area contributed by atoms with E-state index in [9.17, 15) is 0 Å². The lowest BCUT2D eigenvalue weighted by Crippen LogP contribution is -2.47. The van der Waals surface area contributed by atoms with Crippen LogP contribution in [-0.4, -0.2) is 47.9 Å². The minimum Gasteiger partial charge on any atom is -0.374 e. The standard InChI is InChI=1S/C16H29N3O/c1-4-7-17-11-15-6-5-8-19(15)13-16-12-18(14(2)3)9-10-20-16/h5-6,8,14,16-17H,4,7,9-13H2,1-3H3. The molecule has 1 aromatic rings. The molecule has 0 saturated carbocycles. The Kier molecular flexibility index (Phi) is 6.07. The van der Waals surface area contributed by atoms with E-state index in [1.807, 2.05) is 0 Å². The van der Waals surface area contributed by atoms with Crippen LogP contribution in [0.15, 0.2) is 18.3 Å². The summed E-state index contributed by atoms with van der Waals surface area (Å²) in [6, 6.07) is 4.94. The first-order valence-corrected chi connectivity index (χ1v) is 7.91. The van der Waals surface area contributed by atoms with Crippen LogP contribution in [-0.2, 0) is 17.8 Å². The molecule has 1 saturated heterocycles. The molecule has 1 N–H and O–H groups in total. The smallest absolute Gasteiger partial charge is 0.0881 e. The van der Waals surface area contributed by atoms with Crippen LogP contribution in [0.4, 0.5) is 0 Å². The van der Waals surface area contributed by atoms with E-state index < -0.39 is 0 Å². The predicted octanol–water partition coefficient (Wildman–Crippen LogP) is 2.10. The Labute approximate surface area is 123 Å². The maximum Gasteiger partial charge on any atom is 0.0881 e. The van der Waals surface area contributed by atoms with Gasteiger partial charge in [-0.1, -0.05) is 6.92 Å². The summed E-state index contributed by atoms with van der Waals surface area (Å²) in [6.07, 6.45) is 3.65. The van der Waals surface area contributed by atoms with Crippen LogP contribution in [0, 0.1) is 0 Å². The van der Waals surface area contributed by atoms with E-state index in [4.69, 9.17) is 4.74 Å². The van der Waals surface area contributed by atoms with Crippen LogP contribution in [0.3, 0.4) is 0 Å². The molecular formula is C16H29N3O. The van der Waals surface area contributed by atoms with Crippen LogP contribution in [0.5, 0.6) is 0 Å². The van der Waals surface area contributed by atoms with Gasteiger partial charge in [0, 0.05) is 44.1 Å². The summed E-state index contributed by atoms with van der Waals surface area (Å²) in [5.41, 5.74) is 1.35. The van der Waals surface area contributed by atoms with E-state index >= 15 is 0 Å². The molecule has 1 aliphatic rings. The van der Waals surface area contributed by atoms with E-state index in [-0.39, 0.29) is 0 Å². The SMILES string of the molecule is CCCNCc1cccn1CC1CN(C(C)C)CCO1. The molecule has 1 fully saturated rings. The summed E-state index contributed by atoms with van der Waals surface area (Å²) < 4.78 is 8.26. The Hall–Kier alpha value is -0.840. The minimum absolute atomic E-state index is 0.309. The van der Waals surface area contributed by atoms with E-state index in [0.717, 1.165) is 39.3 Å². The molecule has 0 spiro atoms. The fraction of sp³-hybridized carbons (Fsp3) is 0.750. The zero-order chi connectivity index (χ0) is 14.4. The predicted molar refractivity (Wildman–Crippen MR) is 82.9 cm³/mol. The van der Waals surface area contributed by atoms with Crippen molar-refractivity contribution in [2.45, 2.75) is 52.4 Å². The summed E-state index contributed by atoms with van der Waals surface area (Å²) in [7, 11) is 0. The average molecular weight is 279 g/mol. The van der Waals surface area contributed by atoms with Crippen molar-refractivity contribution in [1.82, 2.24) is 14.8 Å². The molecule has 1 aromatic heterocycles. The average Bonchev–Trinajstić information content (AvgIpc) is 2.87. The quantitative estimate of drug-likeness (QED) is 0.775. The van der Waals surface area contributed by atoms with Crippen molar-refractivity contribution in [2.75, 3.05) is 26.2 Å². The van der Waals surface area contributed by atoms with Gasteiger partial charge in [-0.3, -0.25) is 4.90 Å². The Morgan fingerprint density at radius 2 is 2.30 bits per heavy atom. The highest BCUT2D eigenvalue weighted by atomic mass is 16.5. The zero-order valence-electron chi connectivity index (χ0n) is 13.1. The number of rotatable bonds is 7. The lowest BCUT2D eigenvalue weighted by atomic mass is 10.2. The van der Waals surface area contributed by atoms with Crippen molar-refractivity contribution in [1.29, 1.82) is 0 Å². The Bertz CT molecular complexity index is 389. The van der Waals surface area contributed by atoms with Gasteiger partial charge in [0.15, 0.2) is 0 Å². The largest absolute Gasteiger partial charge is 0.374 e. The van der Waals surface area contributed by atoms with Gasteiger partial charge in [-0.15, -0.1) is 0 Å². The molecule has 0 radical (unpaired) electrons. The first-order chi connectivity index (χ1) is 9.70. The molecule has 2 rings (SSSR count). The molecule has 0 aromatic carbocycles. The van der Waals surface area contributed by atoms with Crippen molar-refractivity contribution in [3.05, 3.63) is 24.0 Å². The Morgan fingerprint density at radius 1 is 1.45 bits per heavy atom. The van der Waals surface area contributed by atoms with Crippen LogP contribution in [0.2, 0.25) is 0 Å². The van der Waals surface area contributed by atoms with Crippen LogP contribution in [0.1, 0.15) is 32.9 Å². The van der Waals surface area contributed by atoms with Gasteiger partial charge in [-0.25, -0.2) is 0 Å². The molecule has 1 atom stereocenters. The Morgan fingerprint density at radius 3 is 3.05 bits per heavy atom. The topological polar surface area (TPSA) is 29.4 Å². The molecule has 4 heteroatoms. The summed E-state index contributed by atoms with van der Waals surface area (Å²) in [4.78, 5) is 2.51. The first-order valence-electron chi connectivity index (χ1n) is 7.91. The fourth-order valence-electron chi connectivity index (χ4n) is 2.72. The van der Waals surface area contributed by atoms with Gasteiger partial charge < -0.3 is 14.6 Å². The molecule has 0 aliphatic carbocycles. The number of aromatic nitrogens is 1.